The number of methoxy groups -OCH3 is 2. The van der Waals surface area contributed by atoms with Gasteiger partial charge in [0.1, 0.15) is 11.4 Å². The lowest BCUT2D eigenvalue weighted by Gasteiger charge is -2.12. The summed E-state index contributed by atoms with van der Waals surface area (Å²) in [6.45, 7) is 4.18. The van der Waals surface area contributed by atoms with Gasteiger partial charge < -0.3 is 14.8 Å². The summed E-state index contributed by atoms with van der Waals surface area (Å²) in [4.78, 5) is 24.0. The predicted molar refractivity (Wildman–Crippen MR) is 99.5 cm³/mol. The zero-order chi connectivity index (χ0) is 19.1. The Bertz CT molecular complexity index is 797. The first-order chi connectivity index (χ1) is 12.4. The van der Waals surface area contributed by atoms with E-state index in [0.717, 1.165) is 11.3 Å². The number of hydrogen-bond acceptors (Lipinski definition) is 5. The first-order valence-corrected chi connectivity index (χ1v) is 8.54. The summed E-state index contributed by atoms with van der Waals surface area (Å²) in [5, 5.41) is 7.26. The number of carbonyl (C=O) groups is 1. The van der Waals surface area contributed by atoms with Crippen molar-refractivity contribution in [2.24, 2.45) is 0 Å². The van der Waals surface area contributed by atoms with E-state index in [1.165, 1.54) is 17.9 Å². The summed E-state index contributed by atoms with van der Waals surface area (Å²) in [5.41, 5.74) is 1.12. The number of carbonyl (C=O) groups excluding carboxylic acids is 1. The van der Waals surface area contributed by atoms with Gasteiger partial charge in [0.15, 0.2) is 5.75 Å². The second kappa shape index (κ2) is 9.03. The van der Waals surface area contributed by atoms with E-state index in [4.69, 9.17) is 9.47 Å². The standard InChI is InChI=1S/C19H25N3O4/c1-13(2)20-17(23)6-5-11-22-18(24)12-16(26-4)19(21-22)14-7-9-15(25-3)10-8-14/h7-10,12-13H,5-6,11H2,1-4H3,(H,20,23). The summed E-state index contributed by atoms with van der Waals surface area (Å²) in [5.74, 6) is 1.11. The van der Waals surface area contributed by atoms with Gasteiger partial charge in [-0.05, 0) is 44.5 Å². The molecule has 26 heavy (non-hydrogen) atoms. The van der Waals surface area contributed by atoms with Crippen LogP contribution in [0.1, 0.15) is 26.7 Å². The van der Waals surface area contributed by atoms with Crippen LogP contribution < -0.4 is 20.3 Å². The number of aryl methyl sites for hydroxylation is 1. The van der Waals surface area contributed by atoms with Gasteiger partial charge in [0.2, 0.25) is 5.91 Å². The van der Waals surface area contributed by atoms with Crippen LogP contribution in [0.5, 0.6) is 11.5 Å². The second-order valence-electron chi connectivity index (χ2n) is 6.18. The molecule has 0 unspecified atom stereocenters. The number of aromatic nitrogens is 2. The lowest BCUT2D eigenvalue weighted by atomic mass is 10.1. The van der Waals surface area contributed by atoms with Crippen molar-refractivity contribution in [2.45, 2.75) is 39.3 Å². The highest BCUT2D eigenvalue weighted by atomic mass is 16.5. The molecule has 0 spiro atoms. The Morgan fingerprint density at radius 2 is 1.88 bits per heavy atom. The minimum atomic E-state index is -0.261. The molecule has 0 aliphatic carbocycles. The minimum absolute atomic E-state index is 0.0306. The first-order valence-electron chi connectivity index (χ1n) is 8.54. The van der Waals surface area contributed by atoms with Crippen molar-refractivity contribution in [1.29, 1.82) is 0 Å². The normalized spacial score (nSPS) is 10.7. The highest BCUT2D eigenvalue weighted by Gasteiger charge is 2.12. The molecule has 0 aliphatic rings. The van der Waals surface area contributed by atoms with Gasteiger partial charge in [-0.25, -0.2) is 4.68 Å². The molecule has 0 saturated carbocycles. The van der Waals surface area contributed by atoms with Crippen molar-refractivity contribution in [3.8, 4) is 22.8 Å². The van der Waals surface area contributed by atoms with Gasteiger partial charge >= 0.3 is 0 Å². The molecule has 1 aromatic carbocycles. The van der Waals surface area contributed by atoms with E-state index in [1.807, 2.05) is 38.1 Å². The maximum absolute atomic E-state index is 12.2. The van der Waals surface area contributed by atoms with E-state index in [1.54, 1.807) is 7.11 Å². The molecule has 0 aliphatic heterocycles. The molecular weight excluding hydrogens is 334 g/mol. The minimum Gasteiger partial charge on any atom is -0.497 e. The van der Waals surface area contributed by atoms with Crippen LogP contribution in [-0.4, -0.2) is 35.9 Å². The highest BCUT2D eigenvalue weighted by Crippen LogP contribution is 2.27. The number of benzene rings is 1. The molecular formula is C19H25N3O4. The SMILES string of the molecule is COc1ccc(-c2nn(CCCC(=O)NC(C)C)c(=O)cc2OC)cc1. The number of nitrogens with zero attached hydrogens (tertiary/aromatic N) is 2. The lowest BCUT2D eigenvalue weighted by Crippen LogP contribution is -2.30. The van der Waals surface area contributed by atoms with Gasteiger partial charge in [0.05, 0.1) is 14.2 Å². The Balaban J connectivity index is 2.19. The van der Waals surface area contributed by atoms with Crippen molar-refractivity contribution >= 4 is 5.91 Å². The fourth-order valence-corrected chi connectivity index (χ4v) is 2.52. The largest absolute Gasteiger partial charge is 0.497 e. The fourth-order valence-electron chi connectivity index (χ4n) is 2.52. The first kappa shape index (κ1) is 19.5. The Morgan fingerprint density at radius 3 is 2.46 bits per heavy atom. The molecule has 140 valence electrons. The average Bonchev–Trinajstić information content (AvgIpc) is 2.62. The summed E-state index contributed by atoms with van der Waals surface area (Å²) in [7, 11) is 3.10. The van der Waals surface area contributed by atoms with Gasteiger partial charge in [-0.2, -0.15) is 5.10 Å². The van der Waals surface area contributed by atoms with Gasteiger partial charge in [0, 0.05) is 30.6 Å². The van der Waals surface area contributed by atoms with Crippen LogP contribution in [-0.2, 0) is 11.3 Å². The molecule has 2 rings (SSSR count). The van der Waals surface area contributed by atoms with Crippen molar-refractivity contribution in [2.75, 3.05) is 14.2 Å². The second-order valence-corrected chi connectivity index (χ2v) is 6.18. The van der Waals surface area contributed by atoms with Crippen LogP contribution in [0.4, 0.5) is 0 Å². The van der Waals surface area contributed by atoms with E-state index in [0.29, 0.717) is 30.8 Å². The molecule has 0 saturated heterocycles. The van der Waals surface area contributed by atoms with Gasteiger partial charge in [-0.3, -0.25) is 9.59 Å². The van der Waals surface area contributed by atoms with E-state index < -0.39 is 0 Å². The number of rotatable bonds is 8. The zero-order valence-corrected chi connectivity index (χ0v) is 15.6. The molecule has 2 aromatic rings. The smallest absolute Gasteiger partial charge is 0.270 e. The Morgan fingerprint density at radius 1 is 1.19 bits per heavy atom. The summed E-state index contributed by atoms with van der Waals surface area (Å²) < 4.78 is 11.8. The maximum atomic E-state index is 12.2. The topological polar surface area (TPSA) is 82.5 Å². The molecule has 0 radical (unpaired) electrons. The Hall–Kier alpha value is -2.83. The quantitative estimate of drug-likeness (QED) is 0.781. The van der Waals surface area contributed by atoms with Gasteiger partial charge in [0.25, 0.3) is 5.56 Å². The lowest BCUT2D eigenvalue weighted by molar-refractivity contribution is -0.121. The summed E-state index contributed by atoms with van der Waals surface area (Å²) in [6, 6.07) is 8.87. The molecule has 1 aromatic heterocycles. The highest BCUT2D eigenvalue weighted by molar-refractivity contribution is 5.76. The fraction of sp³-hybridized carbons (Fsp3) is 0.421. The van der Waals surface area contributed by atoms with Crippen LogP contribution in [0.3, 0.4) is 0 Å². The Kier molecular flexibility index (Phi) is 6.77. The number of ether oxygens (including phenoxy) is 2. The molecule has 0 atom stereocenters. The van der Waals surface area contributed by atoms with Gasteiger partial charge in [-0.1, -0.05) is 0 Å². The number of nitrogens with one attached hydrogen (secondary N) is 1. The third kappa shape index (κ3) is 5.08. The zero-order valence-electron chi connectivity index (χ0n) is 15.6. The molecule has 0 fully saturated rings. The summed E-state index contributed by atoms with van der Waals surface area (Å²) >= 11 is 0. The predicted octanol–water partition coefficient (Wildman–Crippen LogP) is 2.23. The molecule has 1 N–H and O–H groups in total. The van der Waals surface area contributed by atoms with Gasteiger partial charge in [-0.15, -0.1) is 0 Å². The average molecular weight is 359 g/mol. The van der Waals surface area contributed by atoms with Crippen molar-refractivity contribution in [1.82, 2.24) is 15.1 Å². The van der Waals surface area contributed by atoms with Crippen LogP contribution >= 0.6 is 0 Å². The molecule has 1 amide bonds. The number of amides is 1. The van der Waals surface area contributed by atoms with Crippen molar-refractivity contribution < 1.29 is 14.3 Å². The van der Waals surface area contributed by atoms with Crippen LogP contribution in [0.2, 0.25) is 0 Å². The van der Waals surface area contributed by atoms with Crippen molar-refractivity contribution in [3.05, 3.63) is 40.7 Å². The van der Waals surface area contributed by atoms with Crippen LogP contribution in [0.25, 0.3) is 11.3 Å². The van der Waals surface area contributed by atoms with Crippen LogP contribution in [0.15, 0.2) is 35.1 Å². The molecule has 7 nitrogen and oxygen atoms in total. The number of hydrogen-bond donors (Lipinski definition) is 1. The summed E-state index contributed by atoms with van der Waals surface area (Å²) in [6.07, 6.45) is 0.871. The van der Waals surface area contributed by atoms with E-state index in [-0.39, 0.29) is 17.5 Å². The van der Waals surface area contributed by atoms with Crippen LogP contribution in [0, 0.1) is 0 Å². The van der Waals surface area contributed by atoms with E-state index >= 15 is 0 Å². The van der Waals surface area contributed by atoms with E-state index in [9.17, 15) is 9.59 Å². The molecule has 1 heterocycles. The van der Waals surface area contributed by atoms with Crippen molar-refractivity contribution in [3.63, 3.8) is 0 Å². The van der Waals surface area contributed by atoms with E-state index in [2.05, 4.69) is 10.4 Å². The Labute approximate surface area is 152 Å². The molecule has 7 heteroatoms. The molecule has 0 bridgehead atoms. The monoisotopic (exact) mass is 359 g/mol. The third-order valence-electron chi connectivity index (χ3n) is 3.77. The third-order valence-corrected chi connectivity index (χ3v) is 3.77. The maximum Gasteiger partial charge on any atom is 0.270 e.